The van der Waals surface area contributed by atoms with E-state index in [4.69, 9.17) is 0 Å². The molecule has 0 aliphatic carbocycles. The van der Waals surface area contributed by atoms with Crippen LogP contribution in [0.5, 0.6) is 0 Å². The Bertz CT molecular complexity index is 3070. The van der Waals surface area contributed by atoms with Gasteiger partial charge in [0.05, 0.1) is 33.1 Å². The van der Waals surface area contributed by atoms with Crippen molar-refractivity contribution in [1.82, 2.24) is 18.7 Å². The molecule has 0 fully saturated rings. The molecule has 0 aliphatic heterocycles. The molecule has 10 aromatic rings. The number of hydrogen-bond donors (Lipinski definition) is 0. The zero-order valence-corrected chi connectivity index (χ0v) is 26.1. The molecule has 6 heteroatoms. The molecule has 49 heavy (non-hydrogen) atoms. The summed E-state index contributed by atoms with van der Waals surface area (Å²) in [4.78, 5) is 34.1. The van der Waals surface area contributed by atoms with Gasteiger partial charge in [-0.2, -0.15) is 0 Å². The smallest absolute Gasteiger partial charge is 0.266 e. The summed E-state index contributed by atoms with van der Waals surface area (Å²) < 4.78 is 5.73. The summed E-state index contributed by atoms with van der Waals surface area (Å²) >= 11 is 0. The molecule has 0 N–H and O–H groups in total. The number of hydrogen-bond acceptors (Lipinski definition) is 3. The van der Waals surface area contributed by atoms with Crippen LogP contribution in [0, 0.1) is 0 Å². The molecule has 0 radical (unpaired) electrons. The van der Waals surface area contributed by atoms with Crippen LogP contribution in [0.15, 0.2) is 168 Å². The van der Waals surface area contributed by atoms with Crippen LogP contribution in [-0.2, 0) is 0 Å². The normalized spacial score (nSPS) is 11.8. The highest BCUT2D eigenvalue weighted by Crippen LogP contribution is 2.38. The molecule has 0 spiro atoms. The summed E-state index contributed by atoms with van der Waals surface area (Å²) in [6.07, 6.45) is 3.67. The Morgan fingerprint density at radius 2 is 0.796 bits per heavy atom. The molecule has 0 saturated heterocycles. The highest BCUT2D eigenvalue weighted by Gasteiger charge is 2.21. The Hall–Kier alpha value is -6.79. The monoisotopic (exact) mass is 630 g/mol. The van der Waals surface area contributed by atoms with Crippen molar-refractivity contribution in [1.29, 1.82) is 0 Å². The van der Waals surface area contributed by atoms with E-state index in [2.05, 4.69) is 62.6 Å². The third kappa shape index (κ3) is 3.92. The lowest BCUT2D eigenvalue weighted by Crippen LogP contribution is -2.28. The maximum atomic E-state index is 14.8. The second-order valence-electron chi connectivity index (χ2n) is 12.4. The molecule has 6 nitrogen and oxygen atoms in total. The van der Waals surface area contributed by atoms with Gasteiger partial charge in [0.1, 0.15) is 0 Å². The molecule has 0 saturated carbocycles. The van der Waals surface area contributed by atoms with E-state index in [0.29, 0.717) is 27.2 Å². The minimum absolute atomic E-state index is 0.358. The summed E-state index contributed by atoms with van der Waals surface area (Å²) in [5, 5.41) is 6.25. The average molecular weight is 631 g/mol. The van der Waals surface area contributed by atoms with Gasteiger partial charge in [-0.25, -0.2) is 4.57 Å². The van der Waals surface area contributed by atoms with E-state index in [1.165, 1.54) is 4.57 Å². The SMILES string of the molecule is O=c1c2cc3c(cc2c2cc4c(cc2c(=O)n1-c1ccccc1)c1ccccc1n4-c1ccccc1)c1cnccc1n3-c1ccccc1. The number of nitrogens with zero attached hydrogens (tertiary/aromatic N) is 4. The van der Waals surface area contributed by atoms with Gasteiger partial charge in [-0.3, -0.25) is 14.6 Å². The molecular weight excluding hydrogens is 604 g/mol. The Morgan fingerprint density at radius 3 is 1.43 bits per heavy atom. The van der Waals surface area contributed by atoms with Crippen molar-refractivity contribution in [3.63, 3.8) is 0 Å². The number of para-hydroxylation sites is 4. The van der Waals surface area contributed by atoms with Crippen LogP contribution in [0.25, 0.3) is 82.2 Å². The van der Waals surface area contributed by atoms with E-state index < -0.39 is 0 Å². The van der Waals surface area contributed by atoms with Crippen molar-refractivity contribution in [2.24, 2.45) is 0 Å². The minimum Gasteiger partial charge on any atom is -0.309 e. The van der Waals surface area contributed by atoms with Crippen molar-refractivity contribution in [2.75, 3.05) is 0 Å². The standard InChI is InChI=1S/C43H26N4O2/c48-42-35-23-33-30-18-10-11-19-38(30)45(27-12-4-1-5-13-27)40(33)24-32(35)31-22-34-37-26-44-21-20-39(37)46(28-14-6-2-7-15-28)41(34)25-36(31)43(49)47(42)29-16-8-3-9-17-29/h1-26H. The van der Waals surface area contributed by atoms with Crippen LogP contribution < -0.4 is 11.1 Å². The van der Waals surface area contributed by atoms with Crippen molar-refractivity contribution in [3.8, 4) is 17.1 Å². The number of fused-ring (bicyclic) bond motifs is 9. The van der Waals surface area contributed by atoms with E-state index in [1.807, 2.05) is 103 Å². The largest absolute Gasteiger partial charge is 0.309 e. The van der Waals surface area contributed by atoms with E-state index in [0.717, 1.165) is 55.0 Å². The first-order valence-electron chi connectivity index (χ1n) is 16.2. The molecule has 230 valence electrons. The van der Waals surface area contributed by atoms with Crippen molar-refractivity contribution < 1.29 is 0 Å². The molecule has 10 rings (SSSR count). The number of aromatic nitrogens is 4. The van der Waals surface area contributed by atoms with Gasteiger partial charge in [-0.05, 0) is 83.6 Å². The fraction of sp³-hybridized carbons (Fsp3) is 0. The highest BCUT2D eigenvalue weighted by atomic mass is 16.2. The zero-order valence-electron chi connectivity index (χ0n) is 26.1. The molecule has 0 unspecified atom stereocenters. The first-order chi connectivity index (χ1) is 24.2. The van der Waals surface area contributed by atoms with Crippen LogP contribution in [0.3, 0.4) is 0 Å². The van der Waals surface area contributed by atoms with Crippen LogP contribution in [0.1, 0.15) is 0 Å². The molecular formula is C43H26N4O2. The van der Waals surface area contributed by atoms with Gasteiger partial charge < -0.3 is 9.13 Å². The molecule has 0 aliphatic rings. The van der Waals surface area contributed by atoms with E-state index >= 15 is 0 Å². The number of rotatable bonds is 3. The number of pyridine rings is 1. The average Bonchev–Trinajstić information content (AvgIpc) is 3.64. The number of benzene rings is 6. The topological polar surface area (TPSA) is 61.8 Å². The fourth-order valence-corrected chi connectivity index (χ4v) is 7.58. The van der Waals surface area contributed by atoms with Crippen LogP contribution in [0.4, 0.5) is 0 Å². The third-order valence-corrected chi connectivity index (χ3v) is 9.72. The molecule has 0 atom stereocenters. The van der Waals surface area contributed by atoms with E-state index in [9.17, 15) is 9.59 Å². The van der Waals surface area contributed by atoms with Gasteiger partial charge in [0.15, 0.2) is 0 Å². The Morgan fingerprint density at radius 1 is 0.347 bits per heavy atom. The maximum Gasteiger partial charge on any atom is 0.266 e. The third-order valence-electron chi connectivity index (χ3n) is 9.72. The van der Waals surface area contributed by atoms with Gasteiger partial charge in [-0.15, -0.1) is 0 Å². The molecule has 0 amide bonds. The van der Waals surface area contributed by atoms with Gasteiger partial charge in [0.25, 0.3) is 11.1 Å². The molecule has 4 aromatic heterocycles. The van der Waals surface area contributed by atoms with Crippen molar-refractivity contribution in [3.05, 3.63) is 179 Å². The lowest BCUT2D eigenvalue weighted by molar-refractivity contribution is 0.976. The molecule has 6 aromatic carbocycles. The lowest BCUT2D eigenvalue weighted by atomic mass is 10.0. The Labute approximate surface area is 279 Å². The summed E-state index contributed by atoms with van der Waals surface area (Å²) in [7, 11) is 0. The molecule has 0 bridgehead atoms. The first kappa shape index (κ1) is 27.3. The van der Waals surface area contributed by atoms with Gasteiger partial charge in [0, 0.05) is 50.7 Å². The molecule has 4 heterocycles. The zero-order chi connectivity index (χ0) is 32.6. The van der Waals surface area contributed by atoms with E-state index in [1.54, 1.807) is 6.20 Å². The van der Waals surface area contributed by atoms with Crippen molar-refractivity contribution >= 4 is 65.2 Å². The van der Waals surface area contributed by atoms with Crippen LogP contribution in [0.2, 0.25) is 0 Å². The summed E-state index contributed by atoms with van der Waals surface area (Å²) in [6.45, 7) is 0. The second kappa shape index (κ2) is 10.4. The van der Waals surface area contributed by atoms with Gasteiger partial charge in [0.2, 0.25) is 0 Å². The highest BCUT2D eigenvalue weighted by molar-refractivity contribution is 6.21. The Balaban J connectivity index is 1.47. The van der Waals surface area contributed by atoms with Crippen molar-refractivity contribution in [2.45, 2.75) is 0 Å². The summed E-state index contributed by atoms with van der Waals surface area (Å²) in [5.41, 5.74) is 5.64. The van der Waals surface area contributed by atoms with Crippen LogP contribution in [-0.4, -0.2) is 18.7 Å². The Kier molecular flexibility index (Phi) is 5.78. The fourth-order valence-electron chi connectivity index (χ4n) is 7.58. The quantitative estimate of drug-likeness (QED) is 0.196. The lowest BCUT2D eigenvalue weighted by Gasteiger charge is -2.08. The van der Waals surface area contributed by atoms with E-state index in [-0.39, 0.29) is 11.1 Å². The van der Waals surface area contributed by atoms with Gasteiger partial charge >= 0.3 is 0 Å². The predicted octanol–water partition coefficient (Wildman–Crippen LogP) is 9.09. The van der Waals surface area contributed by atoms with Crippen LogP contribution >= 0.6 is 0 Å². The first-order valence-corrected chi connectivity index (χ1v) is 16.2. The predicted molar refractivity (Wildman–Crippen MR) is 200 cm³/mol. The maximum absolute atomic E-state index is 14.8. The summed E-state index contributed by atoms with van der Waals surface area (Å²) in [6, 6.07) is 47.9. The minimum atomic E-state index is -0.368. The van der Waals surface area contributed by atoms with Gasteiger partial charge in [-0.1, -0.05) is 72.8 Å². The second-order valence-corrected chi connectivity index (χ2v) is 12.4. The summed E-state index contributed by atoms with van der Waals surface area (Å²) in [5.74, 6) is 0.